The van der Waals surface area contributed by atoms with E-state index >= 15 is 0 Å². The molecule has 1 aromatic heterocycles. The van der Waals surface area contributed by atoms with Gasteiger partial charge in [0.25, 0.3) is 11.8 Å². The van der Waals surface area contributed by atoms with Crippen molar-refractivity contribution in [3.05, 3.63) is 70.9 Å². The zero-order valence-electron chi connectivity index (χ0n) is 23.5. The molecule has 3 aromatic rings. The maximum Gasteiger partial charge on any atom is 0.270 e. The predicted octanol–water partition coefficient (Wildman–Crippen LogP) is 3.53. The number of carbonyl (C=O) groups is 4. The molecule has 4 heterocycles. The number of halogens is 2. The van der Waals surface area contributed by atoms with Crippen LogP contribution in [0.4, 0.5) is 8.78 Å². The first-order chi connectivity index (χ1) is 20.0. The predicted molar refractivity (Wildman–Crippen MR) is 150 cm³/mol. The molecule has 9 nitrogen and oxygen atoms in total. The minimum Gasteiger partial charge on any atom is -0.351 e. The maximum absolute atomic E-state index is 14.1. The average Bonchev–Trinajstić information content (AvgIpc) is 3.68. The van der Waals surface area contributed by atoms with Gasteiger partial charge in [0.1, 0.15) is 17.8 Å². The highest BCUT2D eigenvalue weighted by molar-refractivity contribution is 6.01. The summed E-state index contributed by atoms with van der Waals surface area (Å²) in [5.41, 5.74) is 2.61. The number of carbonyl (C=O) groups excluding carboxylic acids is 4. The van der Waals surface area contributed by atoms with Crippen molar-refractivity contribution in [2.24, 2.45) is 0 Å². The van der Waals surface area contributed by atoms with E-state index in [4.69, 9.17) is 0 Å². The lowest BCUT2D eigenvalue weighted by molar-refractivity contribution is -0.149. The highest BCUT2D eigenvalue weighted by atomic mass is 19.3. The lowest BCUT2D eigenvalue weighted by Crippen LogP contribution is -2.61. The molecule has 0 spiro atoms. The standard InChI is InChI=1S/C31H33F2N5O4/c1-18(39)36-12-11-23-8-10-27(30(42)37-15-19-5-3-4-6-20(19)16-37)38(23)29(41)26(17-36)35-28(40)25-14-21-13-22(31(2,32)33)7-9-24(21)34-25/h3-7,9,13-14,23,26-27,34H,8,10-12,15-17H2,1-2H3,(H,35,40)/t23-,26+,27+/m1/s1. The van der Waals surface area contributed by atoms with E-state index < -0.39 is 29.8 Å². The summed E-state index contributed by atoms with van der Waals surface area (Å²) in [5, 5.41) is 3.21. The normalized spacial score (nSPS) is 22.5. The van der Waals surface area contributed by atoms with Gasteiger partial charge in [0, 0.05) is 62.5 Å². The van der Waals surface area contributed by atoms with Crippen LogP contribution in [-0.4, -0.2) is 74.5 Å². The van der Waals surface area contributed by atoms with Gasteiger partial charge in [0.15, 0.2) is 0 Å². The van der Waals surface area contributed by atoms with Crippen molar-refractivity contribution in [2.75, 3.05) is 13.1 Å². The van der Waals surface area contributed by atoms with Crippen LogP contribution >= 0.6 is 0 Å². The number of amides is 4. The molecule has 0 saturated carbocycles. The van der Waals surface area contributed by atoms with Crippen molar-refractivity contribution in [3.63, 3.8) is 0 Å². The molecule has 4 amide bonds. The number of rotatable bonds is 4. The lowest BCUT2D eigenvalue weighted by atomic mass is 10.1. The summed E-state index contributed by atoms with van der Waals surface area (Å²) in [4.78, 5) is 61.5. The van der Waals surface area contributed by atoms with Crippen LogP contribution in [-0.2, 0) is 33.4 Å². The largest absolute Gasteiger partial charge is 0.351 e. The van der Waals surface area contributed by atoms with E-state index in [0.717, 1.165) is 18.1 Å². The fourth-order valence-corrected chi connectivity index (χ4v) is 6.47. The maximum atomic E-state index is 14.1. The van der Waals surface area contributed by atoms with E-state index in [1.54, 1.807) is 14.7 Å². The lowest BCUT2D eigenvalue weighted by Gasteiger charge is -2.39. The zero-order chi connectivity index (χ0) is 29.8. The van der Waals surface area contributed by atoms with E-state index in [9.17, 15) is 28.0 Å². The second kappa shape index (κ2) is 10.5. The van der Waals surface area contributed by atoms with Crippen molar-refractivity contribution in [1.29, 1.82) is 0 Å². The molecule has 6 rings (SSSR count). The van der Waals surface area contributed by atoms with E-state index in [0.29, 0.717) is 49.8 Å². The Morgan fingerprint density at radius 1 is 0.976 bits per heavy atom. The number of benzene rings is 2. The summed E-state index contributed by atoms with van der Waals surface area (Å²) >= 11 is 0. The van der Waals surface area contributed by atoms with Crippen LogP contribution < -0.4 is 5.32 Å². The molecule has 2 saturated heterocycles. The molecule has 2 N–H and O–H groups in total. The number of fused-ring (bicyclic) bond motifs is 3. The van der Waals surface area contributed by atoms with Gasteiger partial charge in [0.2, 0.25) is 17.7 Å². The number of H-pyrrole nitrogens is 1. The third-order valence-electron chi connectivity index (χ3n) is 8.75. The van der Waals surface area contributed by atoms with Crippen LogP contribution in [0.25, 0.3) is 10.9 Å². The third-order valence-corrected chi connectivity index (χ3v) is 8.75. The van der Waals surface area contributed by atoms with Gasteiger partial charge >= 0.3 is 0 Å². The molecule has 0 aliphatic carbocycles. The van der Waals surface area contributed by atoms with E-state index in [-0.39, 0.29) is 35.7 Å². The first-order valence-electron chi connectivity index (χ1n) is 14.2. The zero-order valence-corrected chi connectivity index (χ0v) is 23.5. The van der Waals surface area contributed by atoms with Crippen molar-refractivity contribution < 1.29 is 28.0 Å². The third kappa shape index (κ3) is 5.12. The molecular weight excluding hydrogens is 544 g/mol. The van der Waals surface area contributed by atoms with E-state index in [2.05, 4.69) is 10.3 Å². The Balaban J connectivity index is 1.25. The smallest absolute Gasteiger partial charge is 0.270 e. The Morgan fingerprint density at radius 2 is 1.69 bits per heavy atom. The molecule has 0 bridgehead atoms. The van der Waals surface area contributed by atoms with E-state index in [1.165, 1.54) is 31.2 Å². The van der Waals surface area contributed by atoms with Gasteiger partial charge < -0.3 is 25.0 Å². The minimum absolute atomic E-state index is 0.0361. The summed E-state index contributed by atoms with van der Waals surface area (Å²) < 4.78 is 27.7. The molecule has 11 heteroatoms. The van der Waals surface area contributed by atoms with Crippen LogP contribution in [0.3, 0.4) is 0 Å². The average molecular weight is 578 g/mol. The second-order valence-corrected chi connectivity index (χ2v) is 11.6. The van der Waals surface area contributed by atoms with Gasteiger partial charge in [-0.25, -0.2) is 8.78 Å². The van der Waals surface area contributed by atoms with Gasteiger partial charge in [-0.2, -0.15) is 0 Å². The topological polar surface area (TPSA) is 106 Å². The molecular formula is C31H33F2N5O4. The molecule has 2 aromatic carbocycles. The van der Waals surface area contributed by atoms with Crippen LogP contribution in [0.15, 0.2) is 48.5 Å². The van der Waals surface area contributed by atoms with Crippen molar-refractivity contribution in [3.8, 4) is 0 Å². The monoisotopic (exact) mass is 577 g/mol. The highest BCUT2D eigenvalue weighted by Crippen LogP contribution is 2.33. The van der Waals surface area contributed by atoms with Crippen molar-refractivity contribution >= 4 is 34.5 Å². The molecule has 0 unspecified atom stereocenters. The van der Waals surface area contributed by atoms with Gasteiger partial charge in [-0.15, -0.1) is 0 Å². The quantitative estimate of drug-likeness (QED) is 0.495. The minimum atomic E-state index is -3.03. The number of nitrogens with one attached hydrogen (secondary N) is 2. The van der Waals surface area contributed by atoms with Crippen LogP contribution in [0.1, 0.15) is 60.3 Å². The SMILES string of the molecule is CC(=O)N1CC[C@H]2CC[C@@H](C(=O)N3Cc4ccccc4C3)N2C(=O)[C@@H](NC(=O)c2cc3cc(C(C)(F)F)ccc3[nH]2)C1. The number of hydrogen-bond acceptors (Lipinski definition) is 4. The van der Waals surface area contributed by atoms with Crippen molar-refractivity contribution in [2.45, 2.75) is 70.2 Å². The van der Waals surface area contributed by atoms with E-state index in [1.807, 2.05) is 24.3 Å². The summed E-state index contributed by atoms with van der Waals surface area (Å²) in [5.74, 6) is -4.37. The fourth-order valence-electron chi connectivity index (χ4n) is 6.47. The first kappa shape index (κ1) is 27.9. The molecule has 42 heavy (non-hydrogen) atoms. The Labute approximate surface area is 241 Å². The van der Waals surface area contributed by atoms with Gasteiger partial charge in [-0.05, 0) is 48.6 Å². The highest BCUT2D eigenvalue weighted by Gasteiger charge is 2.46. The second-order valence-electron chi connectivity index (χ2n) is 11.6. The molecule has 2 fully saturated rings. The first-order valence-corrected chi connectivity index (χ1v) is 14.2. The summed E-state index contributed by atoms with van der Waals surface area (Å²) in [7, 11) is 0. The molecule has 3 aliphatic rings. The number of hydrogen-bond donors (Lipinski definition) is 2. The Morgan fingerprint density at radius 3 is 2.36 bits per heavy atom. The number of aromatic nitrogens is 1. The van der Waals surface area contributed by atoms with Gasteiger partial charge in [-0.3, -0.25) is 19.2 Å². The molecule has 220 valence electrons. The molecule has 3 atom stereocenters. The Bertz CT molecular complexity index is 1560. The molecule has 3 aliphatic heterocycles. The fraction of sp³-hybridized carbons (Fsp3) is 0.419. The summed E-state index contributed by atoms with van der Waals surface area (Å²) in [6.45, 7) is 3.57. The van der Waals surface area contributed by atoms with Crippen LogP contribution in [0.5, 0.6) is 0 Å². The summed E-state index contributed by atoms with van der Waals surface area (Å²) in [6, 6.07) is 11.5. The Hall–Kier alpha value is -4.28. The summed E-state index contributed by atoms with van der Waals surface area (Å²) in [6.07, 6.45) is 1.68. The number of nitrogens with zero attached hydrogens (tertiary/aromatic N) is 3. The Kier molecular flexibility index (Phi) is 6.98. The number of aromatic amines is 1. The van der Waals surface area contributed by atoms with Crippen LogP contribution in [0, 0.1) is 0 Å². The molecule has 0 radical (unpaired) electrons. The van der Waals surface area contributed by atoms with Crippen LogP contribution in [0.2, 0.25) is 0 Å². The van der Waals surface area contributed by atoms with Gasteiger partial charge in [0.05, 0.1) is 0 Å². The number of alkyl halides is 2. The van der Waals surface area contributed by atoms with Gasteiger partial charge in [-0.1, -0.05) is 30.3 Å². The van der Waals surface area contributed by atoms with Crippen molar-refractivity contribution in [1.82, 2.24) is 25.0 Å².